The molecule has 0 aliphatic carbocycles. The van der Waals surface area contributed by atoms with Crippen LogP contribution in [-0.2, 0) is 0 Å². The van der Waals surface area contributed by atoms with Crippen LogP contribution in [0.5, 0.6) is 0 Å². The van der Waals surface area contributed by atoms with Gasteiger partial charge in [0, 0.05) is 27.1 Å². The zero-order chi connectivity index (χ0) is 15.0. The van der Waals surface area contributed by atoms with Gasteiger partial charge in [0.2, 0.25) is 0 Å². The predicted octanol–water partition coefficient (Wildman–Crippen LogP) is 4.46. The third-order valence-corrected chi connectivity index (χ3v) is 3.50. The van der Waals surface area contributed by atoms with Gasteiger partial charge in [-0.1, -0.05) is 15.9 Å². The molecule has 6 heteroatoms. The predicted molar refractivity (Wildman–Crippen MR) is 80.3 cm³/mol. The third kappa shape index (κ3) is 2.80. The second-order valence-electron chi connectivity index (χ2n) is 4.50. The second-order valence-corrected chi connectivity index (χ2v) is 5.41. The number of hydrogen-bond acceptors (Lipinski definition) is 1. The van der Waals surface area contributed by atoms with Gasteiger partial charge >= 0.3 is 0 Å². The van der Waals surface area contributed by atoms with Gasteiger partial charge in [0.1, 0.15) is 5.69 Å². The van der Waals surface area contributed by atoms with Crippen molar-refractivity contribution in [1.29, 1.82) is 0 Å². The molecule has 3 aromatic rings. The van der Waals surface area contributed by atoms with E-state index in [1.165, 1.54) is 6.07 Å². The standard InChI is InChI=1S/C15H9BrF2N2O/c16-9-1-4-13-8(5-9)6-14(20-13)15(21)19-10-2-3-11(17)12(18)7-10/h1-7,20H,(H,19,21). The first-order valence-electron chi connectivity index (χ1n) is 6.07. The molecule has 1 amide bonds. The average Bonchev–Trinajstić information content (AvgIpc) is 2.86. The number of carbonyl (C=O) groups is 1. The second kappa shape index (κ2) is 5.29. The van der Waals surface area contributed by atoms with E-state index in [0.717, 1.165) is 27.5 Å². The van der Waals surface area contributed by atoms with Gasteiger partial charge in [-0.25, -0.2) is 8.78 Å². The molecule has 0 fully saturated rings. The number of fused-ring (bicyclic) bond motifs is 1. The first kappa shape index (κ1) is 13.8. The number of halogens is 3. The summed E-state index contributed by atoms with van der Waals surface area (Å²) in [6.07, 6.45) is 0. The van der Waals surface area contributed by atoms with Crippen molar-refractivity contribution in [1.82, 2.24) is 4.98 Å². The lowest BCUT2D eigenvalue weighted by molar-refractivity contribution is 0.102. The molecule has 0 saturated heterocycles. The van der Waals surface area contributed by atoms with Crippen molar-refractivity contribution in [3.63, 3.8) is 0 Å². The number of aromatic amines is 1. The molecule has 3 rings (SSSR count). The largest absolute Gasteiger partial charge is 0.351 e. The summed E-state index contributed by atoms with van der Waals surface area (Å²) < 4.78 is 26.8. The van der Waals surface area contributed by atoms with Crippen molar-refractivity contribution in [2.24, 2.45) is 0 Å². The molecule has 1 aromatic heterocycles. The Morgan fingerprint density at radius 2 is 1.86 bits per heavy atom. The van der Waals surface area contributed by atoms with Crippen molar-refractivity contribution >= 4 is 38.4 Å². The maximum Gasteiger partial charge on any atom is 0.272 e. The molecule has 2 N–H and O–H groups in total. The van der Waals surface area contributed by atoms with Crippen LogP contribution < -0.4 is 5.32 Å². The van der Waals surface area contributed by atoms with Crippen LogP contribution in [0.2, 0.25) is 0 Å². The van der Waals surface area contributed by atoms with E-state index in [0.29, 0.717) is 5.69 Å². The van der Waals surface area contributed by atoms with Crippen LogP contribution in [0.1, 0.15) is 10.5 Å². The lowest BCUT2D eigenvalue weighted by Crippen LogP contribution is -2.12. The Labute approximate surface area is 127 Å². The van der Waals surface area contributed by atoms with E-state index in [1.54, 1.807) is 6.07 Å². The zero-order valence-corrected chi connectivity index (χ0v) is 12.2. The van der Waals surface area contributed by atoms with Gasteiger partial charge in [-0.05, 0) is 36.4 Å². The number of H-pyrrole nitrogens is 1. The molecule has 0 atom stereocenters. The molecule has 0 aliphatic rings. The van der Waals surface area contributed by atoms with Crippen molar-refractivity contribution in [2.45, 2.75) is 0 Å². The van der Waals surface area contributed by atoms with Gasteiger partial charge < -0.3 is 10.3 Å². The van der Waals surface area contributed by atoms with Crippen LogP contribution in [0.4, 0.5) is 14.5 Å². The lowest BCUT2D eigenvalue weighted by Gasteiger charge is -2.03. The molecule has 106 valence electrons. The quantitative estimate of drug-likeness (QED) is 0.704. The molecular weight excluding hydrogens is 342 g/mol. The molecule has 0 saturated carbocycles. The highest BCUT2D eigenvalue weighted by Crippen LogP contribution is 2.21. The first-order valence-corrected chi connectivity index (χ1v) is 6.87. The fourth-order valence-electron chi connectivity index (χ4n) is 2.00. The minimum absolute atomic E-state index is 0.193. The fourth-order valence-corrected chi connectivity index (χ4v) is 2.38. The number of carbonyl (C=O) groups excluding carboxylic acids is 1. The highest BCUT2D eigenvalue weighted by molar-refractivity contribution is 9.10. The van der Waals surface area contributed by atoms with E-state index >= 15 is 0 Å². The van der Waals surface area contributed by atoms with E-state index in [9.17, 15) is 13.6 Å². The number of anilines is 1. The summed E-state index contributed by atoms with van der Waals surface area (Å²) in [5, 5.41) is 3.39. The Bertz CT molecular complexity index is 845. The third-order valence-electron chi connectivity index (χ3n) is 3.00. The van der Waals surface area contributed by atoms with E-state index in [2.05, 4.69) is 26.2 Å². The minimum atomic E-state index is -1.01. The lowest BCUT2D eigenvalue weighted by atomic mass is 10.2. The van der Waals surface area contributed by atoms with E-state index < -0.39 is 17.5 Å². The highest BCUT2D eigenvalue weighted by Gasteiger charge is 2.11. The Kier molecular flexibility index (Phi) is 3.47. The number of benzene rings is 2. The molecule has 0 radical (unpaired) electrons. The fraction of sp³-hybridized carbons (Fsp3) is 0. The Balaban J connectivity index is 1.87. The van der Waals surface area contributed by atoms with Crippen molar-refractivity contribution in [3.8, 4) is 0 Å². The topological polar surface area (TPSA) is 44.9 Å². The van der Waals surface area contributed by atoms with Crippen LogP contribution in [-0.4, -0.2) is 10.9 Å². The molecule has 2 aromatic carbocycles. The summed E-state index contributed by atoms with van der Waals surface area (Å²) >= 11 is 3.36. The number of hydrogen-bond donors (Lipinski definition) is 2. The van der Waals surface area contributed by atoms with Crippen LogP contribution in [0.25, 0.3) is 10.9 Å². The van der Waals surface area contributed by atoms with Crippen LogP contribution >= 0.6 is 15.9 Å². The Hall–Kier alpha value is -2.21. The molecule has 0 aliphatic heterocycles. The maximum atomic E-state index is 13.1. The van der Waals surface area contributed by atoms with Crippen LogP contribution in [0.15, 0.2) is 46.9 Å². The number of amides is 1. The molecular formula is C15H9BrF2N2O. The summed E-state index contributed by atoms with van der Waals surface area (Å²) in [6.45, 7) is 0. The smallest absolute Gasteiger partial charge is 0.272 e. The molecule has 0 spiro atoms. The zero-order valence-electron chi connectivity index (χ0n) is 10.6. The number of nitrogens with one attached hydrogen (secondary N) is 2. The summed E-state index contributed by atoms with van der Waals surface area (Å²) in [5.41, 5.74) is 1.35. The summed E-state index contributed by atoms with van der Waals surface area (Å²) in [7, 11) is 0. The Morgan fingerprint density at radius 1 is 1.05 bits per heavy atom. The first-order chi connectivity index (χ1) is 10.0. The Morgan fingerprint density at radius 3 is 2.62 bits per heavy atom. The summed E-state index contributed by atoms with van der Waals surface area (Å²) in [5.74, 6) is -2.38. The highest BCUT2D eigenvalue weighted by atomic mass is 79.9. The van der Waals surface area contributed by atoms with Gasteiger partial charge in [-0.15, -0.1) is 0 Å². The van der Waals surface area contributed by atoms with Gasteiger partial charge in [-0.2, -0.15) is 0 Å². The van der Waals surface area contributed by atoms with Crippen molar-refractivity contribution in [2.75, 3.05) is 5.32 Å². The molecule has 21 heavy (non-hydrogen) atoms. The molecule has 0 bridgehead atoms. The van der Waals surface area contributed by atoms with Gasteiger partial charge in [0.25, 0.3) is 5.91 Å². The van der Waals surface area contributed by atoms with Crippen LogP contribution in [0.3, 0.4) is 0 Å². The van der Waals surface area contributed by atoms with E-state index in [4.69, 9.17) is 0 Å². The molecule has 3 nitrogen and oxygen atoms in total. The monoisotopic (exact) mass is 350 g/mol. The average molecular weight is 351 g/mol. The van der Waals surface area contributed by atoms with Crippen molar-refractivity contribution < 1.29 is 13.6 Å². The summed E-state index contributed by atoms with van der Waals surface area (Å²) in [4.78, 5) is 15.1. The van der Waals surface area contributed by atoms with E-state index in [1.807, 2.05) is 18.2 Å². The number of rotatable bonds is 2. The molecule has 1 heterocycles. The minimum Gasteiger partial charge on any atom is -0.351 e. The van der Waals surface area contributed by atoms with E-state index in [-0.39, 0.29) is 5.69 Å². The van der Waals surface area contributed by atoms with Gasteiger partial charge in [0.05, 0.1) is 0 Å². The van der Waals surface area contributed by atoms with Crippen LogP contribution in [0, 0.1) is 11.6 Å². The molecule has 0 unspecified atom stereocenters. The maximum absolute atomic E-state index is 13.1. The summed E-state index contributed by atoms with van der Waals surface area (Å²) in [6, 6.07) is 10.5. The number of aromatic nitrogens is 1. The van der Waals surface area contributed by atoms with Crippen molar-refractivity contribution in [3.05, 3.63) is 64.3 Å². The van der Waals surface area contributed by atoms with Gasteiger partial charge in [0.15, 0.2) is 11.6 Å². The SMILES string of the molecule is O=C(Nc1ccc(F)c(F)c1)c1cc2cc(Br)ccc2[nH]1. The normalized spacial score (nSPS) is 10.8. The van der Waals surface area contributed by atoms with Gasteiger partial charge in [-0.3, -0.25) is 4.79 Å².